The molecule has 0 saturated carbocycles. The van der Waals surface area contributed by atoms with Crippen LogP contribution < -0.4 is 0 Å². The minimum atomic E-state index is 0. The van der Waals surface area contributed by atoms with Gasteiger partial charge in [0.2, 0.25) is 0 Å². The first-order valence-corrected chi connectivity index (χ1v) is 7.45. The second kappa shape index (κ2) is 22.5. The van der Waals surface area contributed by atoms with E-state index in [1.165, 1.54) is 28.7 Å². The van der Waals surface area contributed by atoms with Gasteiger partial charge in [0.05, 0.1) is 0 Å². The van der Waals surface area contributed by atoms with Crippen LogP contribution in [0, 0.1) is 77.8 Å². The predicted octanol–water partition coefficient (Wildman–Crippen LogP) is 8.82. The summed E-state index contributed by atoms with van der Waals surface area (Å²) in [6.45, 7) is 8.93. The molecule has 0 spiro atoms. The van der Waals surface area contributed by atoms with Gasteiger partial charge in [-0.3, -0.25) is 6.08 Å². The Morgan fingerprint density at radius 2 is 1.32 bits per heavy atom. The summed E-state index contributed by atoms with van der Waals surface area (Å²) in [5.74, 6) is 1.27. The van der Waals surface area contributed by atoms with Gasteiger partial charge in [-0.05, 0) is 19.8 Å². The Kier molecular flexibility index (Phi) is 36.7. The van der Waals surface area contributed by atoms with Gasteiger partial charge in [0.25, 0.3) is 0 Å². The van der Waals surface area contributed by atoms with Crippen molar-refractivity contribution in [3.63, 3.8) is 0 Å². The summed E-state index contributed by atoms with van der Waals surface area (Å²) in [4.78, 5) is 0. The van der Waals surface area contributed by atoms with Crippen LogP contribution in [-0.2, 0) is 25.8 Å². The molecule has 0 aliphatic heterocycles. The molecule has 0 N–H and O–H groups in total. The Morgan fingerprint density at radius 3 is 1.71 bits per heavy atom. The average molecular weight is 548 g/mol. The second-order valence-corrected chi connectivity index (χ2v) is 6.02. The third kappa shape index (κ3) is 13.4. The molecule has 28 heavy (non-hydrogen) atoms. The molecule has 166 valence electrons. The van der Waals surface area contributed by atoms with E-state index in [2.05, 4.69) is 52.0 Å². The molecule has 1 unspecified atom stereocenters. The van der Waals surface area contributed by atoms with Crippen LogP contribution in [0.3, 0.4) is 0 Å². The molecule has 1 atom stereocenters. The van der Waals surface area contributed by atoms with Crippen LogP contribution in [0.25, 0.3) is 6.08 Å². The number of rotatable bonds is 2. The Hall–Kier alpha value is -0.820. The third-order valence-electron chi connectivity index (χ3n) is 3.78. The molecule has 0 heterocycles. The summed E-state index contributed by atoms with van der Waals surface area (Å²) >= 11 is 0. The van der Waals surface area contributed by atoms with Crippen molar-refractivity contribution < 1.29 is 25.8 Å². The van der Waals surface area contributed by atoms with E-state index in [1.54, 1.807) is 0 Å². The predicted molar refractivity (Wildman–Crippen MR) is 133 cm³/mol. The van der Waals surface area contributed by atoms with Gasteiger partial charge in [-0.15, -0.1) is 11.6 Å². The average Bonchev–Trinajstić information content (AvgIpc) is 3.05. The summed E-state index contributed by atoms with van der Waals surface area (Å²) < 4.78 is 0. The van der Waals surface area contributed by atoms with Crippen molar-refractivity contribution in [1.82, 2.24) is 0 Å². The largest absolute Gasteiger partial charge is 0.358 e. The van der Waals surface area contributed by atoms with Crippen molar-refractivity contribution in [2.75, 3.05) is 0 Å². The topological polar surface area (TPSA) is 0 Å². The van der Waals surface area contributed by atoms with Crippen molar-refractivity contribution in [2.45, 2.75) is 40.0 Å². The van der Waals surface area contributed by atoms with Crippen LogP contribution in [-0.4, -0.2) is 0 Å². The fraction of sp³-hybridized carbons (Fsp3) is 0.259. The molecule has 3 rings (SSSR count). The number of fused-ring (bicyclic) bond motifs is 1. The van der Waals surface area contributed by atoms with E-state index < -0.39 is 0 Å². The Bertz CT molecular complexity index is 545. The molecule has 2 aromatic carbocycles. The van der Waals surface area contributed by atoms with Crippen molar-refractivity contribution in [3.05, 3.63) is 123 Å². The molecule has 1 heteroatoms. The van der Waals surface area contributed by atoms with Gasteiger partial charge < -0.3 is 52.0 Å². The normalized spacial score (nSPS) is 11.4. The molecule has 0 aromatic heterocycles. The van der Waals surface area contributed by atoms with E-state index >= 15 is 0 Å². The third-order valence-corrected chi connectivity index (χ3v) is 3.78. The van der Waals surface area contributed by atoms with E-state index in [0.29, 0.717) is 5.92 Å². The monoisotopic (exact) mass is 549 g/mol. The first kappa shape index (κ1) is 45.7. The van der Waals surface area contributed by atoms with E-state index in [9.17, 15) is 0 Å². The van der Waals surface area contributed by atoms with E-state index in [4.69, 9.17) is 0 Å². The molecule has 0 fully saturated rings. The fourth-order valence-electron chi connectivity index (χ4n) is 2.55. The maximum absolute atomic E-state index is 3.48. The van der Waals surface area contributed by atoms with Crippen molar-refractivity contribution in [3.8, 4) is 0 Å². The van der Waals surface area contributed by atoms with Crippen LogP contribution in [0.5, 0.6) is 0 Å². The Balaban J connectivity index is -0.0000000608. The van der Waals surface area contributed by atoms with Gasteiger partial charge in [0.1, 0.15) is 0 Å². The first-order chi connectivity index (χ1) is 9.58. The molecule has 2 aromatic rings. The zero-order valence-corrected chi connectivity index (χ0v) is 24.1. The fourth-order valence-corrected chi connectivity index (χ4v) is 2.55. The molecule has 0 radical (unpaired) electrons. The molecular weight excluding hydrogens is 503 g/mol. The maximum Gasteiger partial charge on any atom is 0 e. The standard InChI is InChI=1S/C15H19.C5H5.7CH3.Hf/c1-10(2)7-13-5-6-14-8-11(3)12(4)9-15(13)14;1-2-4-5-3-1;;;;;;;;/h6,8-10,13H,7H2,1-4H3;1-5H;7*1H3;/q9*-1;. The van der Waals surface area contributed by atoms with Crippen LogP contribution in [0.2, 0.25) is 0 Å². The number of hydrogen-bond acceptors (Lipinski definition) is 0. The smallest absolute Gasteiger partial charge is 0 e. The number of allylic oxidation sites excluding steroid dienone is 1. The minimum Gasteiger partial charge on any atom is -0.358 e. The van der Waals surface area contributed by atoms with E-state index in [0.717, 1.165) is 5.92 Å². The number of benzene rings is 1. The van der Waals surface area contributed by atoms with Crippen LogP contribution in [0.1, 0.15) is 48.4 Å². The number of aryl methyl sites for hydroxylation is 2. The van der Waals surface area contributed by atoms with Crippen LogP contribution in [0.15, 0.2) is 42.5 Å². The summed E-state index contributed by atoms with van der Waals surface area (Å²) in [6, 6.07) is 14.6. The van der Waals surface area contributed by atoms with Crippen molar-refractivity contribution >= 4 is 6.08 Å². The quantitative estimate of drug-likeness (QED) is 0.260. The van der Waals surface area contributed by atoms with E-state index in [-0.39, 0.29) is 77.8 Å². The zero-order chi connectivity index (χ0) is 14.5. The molecule has 1 aliphatic rings. The molecule has 0 amide bonds. The van der Waals surface area contributed by atoms with Crippen molar-refractivity contribution in [1.29, 1.82) is 0 Å². The summed E-state index contributed by atoms with van der Waals surface area (Å²) in [6.07, 6.45) is 6.86. The molecule has 0 saturated heterocycles. The van der Waals surface area contributed by atoms with Crippen LogP contribution in [0.4, 0.5) is 0 Å². The van der Waals surface area contributed by atoms with Gasteiger partial charge in [-0.25, -0.2) is 18.2 Å². The maximum atomic E-state index is 3.48. The van der Waals surface area contributed by atoms with Gasteiger partial charge in [-0.1, -0.05) is 43.4 Å². The van der Waals surface area contributed by atoms with Gasteiger partial charge in [-0.2, -0.15) is 23.8 Å². The molecule has 1 aliphatic carbocycles. The summed E-state index contributed by atoms with van der Waals surface area (Å²) in [5.41, 5.74) is 5.65. The molecular formula is C27H45Hf-9. The SMILES string of the molecule is Cc1cc2c(cc1C)C(CC(C)C)[C-]=C2.[CH3-].[CH3-].[CH3-].[CH3-].[CH3-].[CH3-].[CH3-].[Hf].c1cc[cH-]c1. The van der Waals surface area contributed by atoms with Gasteiger partial charge in [0.15, 0.2) is 0 Å². The first-order valence-electron chi connectivity index (χ1n) is 7.45. The molecule has 0 nitrogen and oxygen atoms in total. The van der Waals surface area contributed by atoms with E-state index in [1.807, 2.05) is 30.3 Å². The Labute approximate surface area is 200 Å². The van der Waals surface area contributed by atoms with Gasteiger partial charge in [0, 0.05) is 25.8 Å². The minimum absolute atomic E-state index is 0. The van der Waals surface area contributed by atoms with Crippen molar-refractivity contribution in [2.24, 2.45) is 5.92 Å². The zero-order valence-electron chi connectivity index (χ0n) is 20.5. The Morgan fingerprint density at radius 1 is 0.857 bits per heavy atom. The summed E-state index contributed by atoms with van der Waals surface area (Å²) in [7, 11) is 0. The second-order valence-electron chi connectivity index (χ2n) is 6.02. The number of hydrogen-bond donors (Lipinski definition) is 0. The summed E-state index contributed by atoms with van der Waals surface area (Å²) in [5, 5.41) is 0. The van der Waals surface area contributed by atoms with Crippen LogP contribution >= 0.6 is 0 Å². The molecule has 0 bridgehead atoms. The van der Waals surface area contributed by atoms with Gasteiger partial charge >= 0.3 is 0 Å².